The molecule has 0 aliphatic carbocycles. The zero-order valence-electron chi connectivity index (χ0n) is 10.9. The van der Waals surface area contributed by atoms with Gasteiger partial charge in [-0.3, -0.25) is 10.1 Å². The molecule has 0 saturated carbocycles. The molecule has 2 heterocycles. The highest BCUT2D eigenvalue weighted by molar-refractivity contribution is 5.85. The standard InChI is InChI=1S/C12H18N4O2.ClH/c1-15(9-10-3-2-6-13-7-10)12-5-4-11(8-14-12)16(17)18;/h4-5,8,10,13H,2-3,6-7,9H2,1H3;1H. The van der Waals surface area contributed by atoms with E-state index < -0.39 is 4.92 Å². The number of halogens is 1. The molecule has 6 nitrogen and oxygen atoms in total. The number of nitrogens with one attached hydrogen (secondary N) is 1. The second-order valence-electron chi connectivity index (χ2n) is 4.72. The minimum Gasteiger partial charge on any atom is -0.359 e. The van der Waals surface area contributed by atoms with Gasteiger partial charge in [0.05, 0.1) is 4.92 Å². The van der Waals surface area contributed by atoms with E-state index in [0.29, 0.717) is 5.92 Å². The minimum atomic E-state index is -0.429. The summed E-state index contributed by atoms with van der Waals surface area (Å²) in [6, 6.07) is 3.20. The highest BCUT2D eigenvalue weighted by atomic mass is 35.5. The van der Waals surface area contributed by atoms with E-state index >= 15 is 0 Å². The molecule has 0 bridgehead atoms. The molecule has 7 heteroatoms. The molecule has 1 aliphatic heterocycles. The van der Waals surface area contributed by atoms with Gasteiger partial charge in [-0.05, 0) is 37.9 Å². The molecule has 0 spiro atoms. The Bertz CT molecular complexity index is 407. The van der Waals surface area contributed by atoms with E-state index in [0.717, 1.165) is 25.5 Å². The first-order chi connectivity index (χ1) is 8.66. The Morgan fingerprint density at radius 3 is 2.89 bits per heavy atom. The third-order valence-electron chi connectivity index (χ3n) is 3.27. The number of pyridine rings is 1. The van der Waals surface area contributed by atoms with Crippen LogP contribution in [0.15, 0.2) is 18.3 Å². The minimum absolute atomic E-state index is 0. The number of hydrogen-bond acceptors (Lipinski definition) is 5. The van der Waals surface area contributed by atoms with Crippen molar-refractivity contribution in [3.8, 4) is 0 Å². The van der Waals surface area contributed by atoms with Gasteiger partial charge < -0.3 is 10.2 Å². The summed E-state index contributed by atoms with van der Waals surface area (Å²) >= 11 is 0. The van der Waals surface area contributed by atoms with Crippen molar-refractivity contribution in [1.82, 2.24) is 10.3 Å². The first-order valence-electron chi connectivity index (χ1n) is 6.19. The van der Waals surface area contributed by atoms with E-state index in [2.05, 4.69) is 15.2 Å². The Kier molecular flexibility index (Phi) is 5.98. The smallest absolute Gasteiger partial charge is 0.287 e. The summed E-state index contributed by atoms with van der Waals surface area (Å²) in [6.45, 7) is 3.07. The molecule has 106 valence electrons. The third-order valence-corrected chi connectivity index (χ3v) is 3.27. The summed E-state index contributed by atoms with van der Waals surface area (Å²) in [5.74, 6) is 1.41. The maximum absolute atomic E-state index is 10.5. The van der Waals surface area contributed by atoms with Gasteiger partial charge in [0.25, 0.3) is 5.69 Å². The summed E-state index contributed by atoms with van der Waals surface area (Å²) in [5, 5.41) is 13.9. The molecule has 0 radical (unpaired) electrons. The Balaban J connectivity index is 0.00000180. The fourth-order valence-electron chi connectivity index (χ4n) is 2.27. The van der Waals surface area contributed by atoms with E-state index in [-0.39, 0.29) is 18.1 Å². The van der Waals surface area contributed by atoms with Crippen molar-refractivity contribution in [2.75, 3.05) is 31.6 Å². The van der Waals surface area contributed by atoms with Crippen molar-refractivity contribution in [2.45, 2.75) is 12.8 Å². The van der Waals surface area contributed by atoms with Crippen LogP contribution < -0.4 is 10.2 Å². The van der Waals surface area contributed by atoms with E-state index in [4.69, 9.17) is 0 Å². The normalized spacial score (nSPS) is 18.5. The molecule has 19 heavy (non-hydrogen) atoms. The molecule has 1 atom stereocenters. The number of nitro groups is 1. The predicted molar refractivity (Wildman–Crippen MR) is 77.0 cm³/mol. The van der Waals surface area contributed by atoms with Gasteiger partial charge in [0, 0.05) is 19.7 Å². The van der Waals surface area contributed by atoms with Crippen LogP contribution >= 0.6 is 12.4 Å². The molecule has 1 fully saturated rings. The Hall–Kier alpha value is -1.40. The van der Waals surface area contributed by atoms with Gasteiger partial charge in [-0.15, -0.1) is 12.4 Å². The summed E-state index contributed by atoms with van der Waals surface area (Å²) < 4.78 is 0. The topological polar surface area (TPSA) is 71.3 Å². The monoisotopic (exact) mass is 286 g/mol. The van der Waals surface area contributed by atoms with Crippen LogP contribution in [0.2, 0.25) is 0 Å². The quantitative estimate of drug-likeness (QED) is 0.675. The second kappa shape index (κ2) is 7.25. The van der Waals surface area contributed by atoms with Crippen LogP contribution in [0.1, 0.15) is 12.8 Å². The average molecular weight is 287 g/mol. The molecule has 1 aliphatic rings. The fourth-order valence-corrected chi connectivity index (χ4v) is 2.27. The predicted octanol–water partition coefficient (Wildman–Crippen LogP) is 1.85. The average Bonchev–Trinajstić information content (AvgIpc) is 2.40. The molecule has 0 aromatic carbocycles. The maximum atomic E-state index is 10.5. The second-order valence-corrected chi connectivity index (χ2v) is 4.72. The van der Waals surface area contributed by atoms with Crippen LogP contribution in [0.4, 0.5) is 11.5 Å². The number of hydrogen-bond donors (Lipinski definition) is 1. The lowest BCUT2D eigenvalue weighted by Crippen LogP contribution is -2.37. The van der Waals surface area contributed by atoms with Gasteiger partial charge in [0.1, 0.15) is 12.0 Å². The van der Waals surface area contributed by atoms with Crippen LogP contribution in [0.5, 0.6) is 0 Å². The highest BCUT2D eigenvalue weighted by Gasteiger charge is 2.16. The first kappa shape index (κ1) is 15.7. The summed E-state index contributed by atoms with van der Waals surface area (Å²) in [6.07, 6.45) is 3.75. The zero-order valence-corrected chi connectivity index (χ0v) is 11.7. The van der Waals surface area contributed by atoms with Crippen molar-refractivity contribution in [3.63, 3.8) is 0 Å². The van der Waals surface area contributed by atoms with Gasteiger partial charge in [-0.2, -0.15) is 0 Å². The SMILES string of the molecule is CN(CC1CCCNC1)c1ccc([N+](=O)[O-])cn1.Cl. The Morgan fingerprint density at radius 2 is 2.37 bits per heavy atom. The molecule has 0 amide bonds. The number of anilines is 1. The number of rotatable bonds is 4. The van der Waals surface area contributed by atoms with Gasteiger partial charge >= 0.3 is 0 Å². The molecule has 1 saturated heterocycles. The fraction of sp³-hybridized carbons (Fsp3) is 0.583. The van der Waals surface area contributed by atoms with Crippen LogP contribution in [-0.4, -0.2) is 36.6 Å². The summed E-state index contributed by atoms with van der Waals surface area (Å²) in [4.78, 5) is 16.3. The Morgan fingerprint density at radius 1 is 1.58 bits per heavy atom. The van der Waals surface area contributed by atoms with Crippen molar-refractivity contribution in [2.24, 2.45) is 5.92 Å². The zero-order chi connectivity index (χ0) is 13.0. The van der Waals surface area contributed by atoms with E-state index in [1.165, 1.54) is 25.1 Å². The van der Waals surface area contributed by atoms with Crippen molar-refractivity contribution < 1.29 is 4.92 Å². The van der Waals surface area contributed by atoms with Crippen LogP contribution in [0.25, 0.3) is 0 Å². The first-order valence-corrected chi connectivity index (χ1v) is 6.19. The van der Waals surface area contributed by atoms with Gasteiger partial charge in [-0.1, -0.05) is 0 Å². The van der Waals surface area contributed by atoms with E-state index in [1.807, 2.05) is 7.05 Å². The number of aromatic nitrogens is 1. The van der Waals surface area contributed by atoms with Gasteiger partial charge in [0.15, 0.2) is 0 Å². The van der Waals surface area contributed by atoms with Crippen LogP contribution in [0, 0.1) is 16.0 Å². The summed E-state index contributed by atoms with van der Waals surface area (Å²) in [5.41, 5.74) is 0.0338. The van der Waals surface area contributed by atoms with E-state index in [9.17, 15) is 10.1 Å². The van der Waals surface area contributed by atoms with Gasteiger partial charge in [-0.25, -0.2) is 4.98 Å². The van der Waals surface area contributed by atoms with Crippen molar-refractivity contribution in [3.05, 3.63) is 28.4 Å². The lowest BCUT2D eigenvalue weighted by molar-refractivity contribution is -0.385. The maximum Gasteiger partial charge on any atom is 0.287 e. The van der Waals surface area contributed by atoms with Gasteiger partial charge in [0.2, 0.25) is 0 Å². The van der Waals surface area contributed by atoms with E-state index in [1.54, 1.807) is 6.07 Å². The molecule has 1 unspecified atom stereocenters. The molecule has 2 rings (SSSR count). The van der Waals surface area contributed by atoms with Crippen LogP contribution in [-0.2, 0) is 0 Å². The molecular weight excluding hydrogens is 268 g/mol. The summed E-state index contributed by atoms with van der Waals surface area (Å²) in [7, 11) is 1.97. The largest absolute Gasteiger partial charge is 0.359 e. The highest BCUT2D eigenvalue weighted by Crippen LogP contribution is 2.17. The van der Waals surface area contributed by atoms with Crippen molar-refractivity contribution in [1.29, 1.82) is 0 Å². The molecule has 1 aromatic rings. The molecule has 1 aromatic heterocycles. The number of nitrogens with zero attached hydrogens (tertiary/aromatic N) is 3. The third kappa shape index (κ3) is 4.33. The lowest BCUT2D eigenvalue weighted by atomic mass is 9.99. The van der Waals surface area contributed by atoms with Crippen LogP contribution in [0.3, 0.4) is 0 Å². The molecule has 1 N–H and O–H groups in total. The lowest BCUT2D eigenvalue weighted by Gasteiger charge is -2.28. The molecular formula is C12H19ClN4O2. The Labute approximate surface area is 118 Å². The van der Waals surface area contributed by atoms with Crippen molar-refractivity contribution >= 4 is 23.9 Å². The number of piperidine rings is 1.